The molecule has 0 aromatic rings. The van der Waals surface area contributed by atoms with Gasteiger partial charge in [-0.05, 0) is 44.9 Å². The van der Waals surface area contributed by atoms with Gasteiger partial charge in [0.25, 0.3) is 0 Å². The summed E-state index contributed by atoms with van der Waals surface area (Å²) in [6, 6.07) is -1.45. The van der Waals surface area contributed by atoms with Gasteiger partial charge in [0.2, 0.25) is 11.8 Å². The van der Waals surface area contributed by atoms with E-state index < -0.39 is 41.1 Å². The van der Waals surface area contributed by atoms with Gasteiger partial charge in [0.1, 0.15) is 17.6 Å². The molecule has 3 heterocycles. The fraction of sp³-hybridized carbons (Fsp3) is 0.821. The van der Waals surface area contributed by atoms with Gasteiger partial charge >= 0.3 is 5.97 Å². The largest absolute Gasteiger partial charge is 0.466 e. The van der Waals surface area contributed by atoms with Gasteiger partial charge in [-0.15, -0.1) is 6.58 Å². The molecular formula is C28H46N2O6. The van der Waals surface area contributed by atoms with E-state index in [1.807, 2.05) is 27.7 Å². The molecule has 3 rings (SSSR count). The molecule has 2 amide bonds. The number of likely N-dealkylation sites (tertiary alicyclic amines) is 1. The summed E-state index contributed by atoms with van der Waals surface area (Å²) in [5, 5.41) is 10.4. The second-order valence-electron chi connectivity index (χ2n) is 11.4. The van der Waals surface area contributed by atoms with Crippen LogP contribution in [0.1, 0.15) is 73.6 Å². The molecule has 3 saturated heterocycles. The fourth-order valence-corrected chi connectivity index (χ4v) is 6.93. The Kier molecular flexibility index (Phi) is 8.92. The summed E-state index contributed by atoms with van der Waals surface area (Å²) >= 11 is 0. The van der Waals surface area contributed by atoms with Gasteiger partial charge in [-0.25, -0.2) is 0 Å². The van der Waals surface area contributed by atoms with Crippen LogP contribution < -0.4 is 0 Å². The van der Waals surface area contributed by atoms with Crippen molar-refractivity contribution in [1.29, 1.82) is 0 Å². The lowest BCUT2D eigenvalue weighted by molar-refractivity contribution is -0.163. The molecular weight excluding hydrogens is 460 g/mol. The van der Waals surface area contributed by atoms with E-state index >= 15 is 0 Å². The van der Waals surface area contributed by atoms with Crippen LogP contribution in [0.2, 0.25) is 0 Å². The van der Waals surface area contributed by atoms with Gasteiger partial charge < -0.3 is 24.4 Å². The smallest absolute Gasteiger partial charge is 0.312 e. The highest BCUT2D eigenvalue weighted by molar-refractivity contribution is 5.98. The Labute approximate surface area is 216 Å². The zero-order chi connectivity index (χ0) is 26.8. The van der Waals surface area contributed by atoms with E-state index in [9.17, 15) is 19.5 Å². The van der Waals surface area contributed by atoms with Crippen LogP contribution in [0.5, 0.6) is 0 Å². The van der Waals surface area contributed by atoms with E-state index in [0.717, 1.165) is 19.3 Å². The summed E-state index contributed by atoms with van der Waals surface area (Å²) < 4.78 is 12.2. The summed E-state index contributed by atoms with van der Waals surface area (Å²) in [6.07, 6.45) is 5.62. The van der Waals surface area contributed by atoms with Crippen molar-refractivity contribution in [1.82, 2.24) is 9.80 Å². The summed E-state index contributed by atoms with van der Waals surface area (Å²) in [7, 11) is 0. The molecule has 3 aliphatic heterocycles. The van der Waals surface area contributed by atoms with Gasteiger partial charge in [-0.1, -0.05) is 46.6 Å². The number of esters is 1. The third-order valence-corrected chi connectivity index (χ3v) is 8.57. The SMILES string of the molecule is C=CCN(CCCCC)C(=O)C1N([C@@H](CO)CC(C)C)C(=O)[C@@H]2[C@@H](C(=O)OCC)[C@]3(C)OC12CC3C. The molecule has 7 atom stereocenters. The number of aliphatic hydroxyl groups is 1. The highest BCUT2D eigenvalue weighted by Gasteiger charge is 2.80. The molecule has 0 aromatic carbocycles. The highest BCUT2D eigenvalue weighted by atomic mass is 16.6. The van der Waals surface area contributed by atoms with Crippen molar-refractivity contribution in [2.45, 2.75) is 96.9 Å². The van der Waals surface area contributed by atoms with Gasteiger partial charge in [0.05, 0.1) is 30.8 Å². The third kappa shape index (κ3) is 4.60. The Hall–Kier alpha value is -1.93. The maximum atomic E-state index is 14.3. The number of rotatable bonds is 13. The summed E-state index contributed by atoms with van der Waals surface area (Å²) in [5.41, 5.74) is -2.02. The van der Waals surface area contributed by atoms with Gasteiger partial charge in [0, 0.05) is 13.1 Å². The molecule has 36 heavy (non-hydrogen) atoms. The van der Waals surface area contributed by atoms with Crippen molar-refractivity contribution in [3.63, 3.8) is 0 Å². The van der Waals surface area contributed by atoms with Gasteiger partial charge in [-0.3, -0.25) is 14.4 Å². The fourth-order valence-electron chi connectivity index (χ4n) is 6.93. The van der Waals surface area contributed by atoms with Crippen LogP contribution >= 0.6 is 0 Å². The number of carbonyl (C=O) groups excluding carboxylic acids is 3. The number of fused-ring (bicyclic) bond motifs is 1. The Balaban J connectivity index is 2.13. The Morgan fingerprint density at radius 1 is 1.33 bits per heavy atom. The van der Waals surface area contributed by atoms with Crippen LogP contribution in [0.25, 0.3) is 0 Å². The average Bonchev–Trinajstić information content (AvgIpc) is 3.33. The first kappa shape index (κ1) is 28.6. The molecule has 1 spiro atoms. The van der Waals surface area contributed by atoms with Crippen LogP contribution in [0, 0.1) is 23.7 Å². The lowest BCUT2D eigenvalue weighted by atomic mass is 9.62. The van der Waals surface area contributed by atoms with Gasteiger partial charge in [-0.2, -0.15) is 0 Å². The molecule has 3 unspecified atom stereocenters. The van der Waals surface area contributed by atoms with E-state index in [0.29, 0.717) is 25.9 Å². The summed E-state index contributed by atoms with van der Waals surface area (Å²) in [5.74, 6) is -2.37. The van der Waals surface area contributed by atoms with E-state index in [4.69, 9.17) is 9.47 Å². The number of unbranched alkanes of at least 4 members (excludes halogenated alkanes) is 2. The number of nitrogens with zero attached hydrogens (tertiary/aromatic N) is 2. The van der Waals surface area contributed by atoms with Crippen molar-refractivity contribution in [3.8, 4) is 0 Å². The molecule has 3 aliphatic rings. The molecule has 0 radical (unpaired) electrons. The Bertz CT molecular complexity index is 846. The van der Waals surface area contributed by atoms with Crippen LogP contribution in [-0.2, 0) is 23.9 Å². The molecule has 0 aromatic heterocycles. The maximum Gasteiger partial charge on any atom is 0.312 e. The normalized spacial score (nSPS) is 33.7. The first-order valence-corrected chi connectivity index (χ1v) is 13.7. The van der Waals surface area contributed by atoms with E-state index in [-0.39, 0.29) is 36.9 Å². The quantitative estimate of drug-likeness (QED) is 0.234. The summed E-state index contributed by atoms with van der Waals surface area (Å²) in [6.45, 7) is 16.5. The van der Waals surface area contributed by atoms with E-state index in [1.165, 1.54) is 0 Å². The number of amides is 2. The third-order valence-electron chi connectivity index (χ3n) is 8.57. The molecule has 2 bridgehead atoms. The summed E-state index contributed by atoms with van der Waals surface area (Å²) in [4.78, 5) is 45.1. The minimum atomic E-state index is -1.13. The molecule has 8 nitrogen and oxygen atoms in total. The zero-order valence-corrected chi connectivity index (χ0v) is 23.0. The first-order valence-electron chi connectivity index (χ1n) is 13.7. The maximum absolute atomic E-state index is 14.3. The number of hydrogen-bond acceptors (Lipinski definition) is 6. The molecule has 0 saturated carbocycles. The highest BCUT2D eigenvalue weighted by Crippen LogP contribution is 2.65. The van der Waals surface area contributed by atoms with Crippen molar-refractivity contribution >= 4 is 17.8 Å². The Morgan fingerprint density at radius 2 is 2.03 bits per heavy atom. The number of hydrogen-bond donors (Lipinski definition) is 1. The minimum absolute atomic E-state index is 0.0446. The second kappa shape index (κ2) is 11.2. The van der Waals surface area contributed by atoms with Crippen molar-refractivity contribution in [2.75, 3.05) is 26.3 Å². The Morgan fingerprint density at radius 3 is 2.58 bits per heavy atom. The lowest BCUT2D eigenvalue weighted by Crippen LogP contribution is -2.59. The van der Waals surface area contributed by atoms with Crippen LogP contribution in [0.15, 0.2) is 12.7 Å². The van der Waals surface area contributed by atoms with Crippen LogP contribution in [0.3, 0.4) is 0 Å². The number of ether oxygens (including phenoxy) is 2. The monoisotopic (exact) mass is 506 g/mol. The van der Waals surface area contributed by atoms with Gasteiger partial charge in [0.15, 0.2) is 0 Å². The predicted octanol–water partition coefficient (Wildman–Crippen LogP) is 3.17. The molecule has 8 heteroatoms. The van der Waals surface area contributed by atoms with Crippen molar-refractivity contribution < 1.29 is 29.0 Å². The minimum Gasteiger partial charge on any atom is -0.466 e. The average molecular weight is 507 g/mol. The predicted molar refractivity (Wildman–Crippen MR) is 137 cm³/mol. The molecule has 204 valence electrons. The number of carbonyl (C=O) groups is 3. The molecule has 0 aliphatic carbocycles. The topological polar surface area (TPSA) is 96.4 Å². The van der Waals surface area contributed by atoms with Crippen LogP contribution in [0.4, 0.5) is 0 Å². The van der Waals surface area contributed by atoms with E-state index in [2.05, 4.69) is 13.5 Å². The van der Waals surface area contributed by atoms with Crippen molar-refractivity contribution in [2.24, 2.45) is 23.7 Å². The zero-order valence-electron chi connectivity index (χ0n) is 23.0. The lowest BCUT2D eigenvalue weighted by Gasteiger charge is -2.40. The first-order chi connectivity index (χ1) is 17.0. The molecule has 3 fully saturated rings. The molecule has 1 N–H and O–H groups in total. The van der Waals surface area contributed by atoms with Crippen LogP contribution in [-0.4, -0.2) is 82.3 Å². The van der Waals surface area contributed by atoms with E-state index in [1.54, 1.807) is 22.8 Å². The number of aliphatic hydroxyl groups excluding tert-OH is 1. The second-order valence-corrected chi connectivity index (χ2v) is 11.4. The standard InChI is InChI=1S/C28H46N2O6/c1-8-11-12-14-29(13-9-2)25(33)23-28-16-19(6)27(7,36-28)22(26(34)35-10-3)21(28)24(32)30(23)20(17-31)15-18(4)5/h9,18-23,31H,2,8,10-17H2,1,3-7H3/t19?,20-,21+,22+,23?,27-,28?/m1/s1. The van der Waals surface area contributed by atoms with Crippen molar-refractivity contribution in [3.05, 3.63) is 12.7 Å².